The molecule has 106 valence electrons. The zero-order valence-corrected chi connectivity index (χ0v) is 11.8. The van der Waals surface area contributed by atoms with Gasteiger partial charge in [-0.15, -0.1) is 0 Å². The van der Waals surface area contributed by atoms with Gasteiger partial charge >= 0.3 is 0 Å². The fraction of sp³-hybridized carbons (Fsp3) is 1.00. The van der Waals surface area contributed by atoms with Crippen LogP contribution in [0.5, 0.6) is 0 Å². The summed E-state index contributed by atoms with van der Waals surface area (Å²) in [5.41, 5.74) is 0. The Labute approximate surface area is 111 Å². The monoisotopic (exact) mass is 255 g/mol. The van der Waals surface area contributed by atoms with Crippen LogP contribution < -0.4 is 5.32 Å². The van der Waals surface area contributed by atoms with E-state index in [1.807, 2.05) is 0 Å². The zero-order valence-electron chi connectivity index (χ0n) is 11.8. The van der Waals surface area contributed by atoms with Crippen molar-refractivity contribution >= 4 is 0 Å². The van der Waals surface area contributed by atoms with Crippen molar-refractivity contribution in [1.82, 2.24) is 15.1 Å². The highest BCUT2D eigenvalue weighted by atomic mass is 16.3. The van der Waals surface area contributed by atoms with E-state index >= 15 is 0 Å². The molecular weight excluding hydrogens is 226 g/mol. The van der Waals surface area contributed by atoms with Crippen LogP contribution in [0, 0.1) is 5.92 Å². The summed E-state index contributed by atoms with van der Waals surface area (Å²) in [6.07, 6.45) is 3.71. The van der Waals surface area contributed by atoms with Gasteiger partial charge in [0.2, 0.25) is 0 Å². The average molecular weight is 255 g/mol. The van der Waals surface area contributed by atoms with E-state index in [-0.39, 0.29) is 6.10 Å². The van der Waals surface area contributed by atoms with Crippen molar-refractivity contribution in [2.24, 2.45) is 5.92 Å². The lowest BCUT2D eigenvalue weighted by molar-refractivity contribution is 0.122. The van der Waals surface area contributed by atoms with Crippen molar-refractivity contribution in [3.63, 3.8) is 0 Å². The topological polar surface area (TPSA) is 38.7 Å². The van der Waals surface area contributed by atoms with E-state index in [2.05, 4.69) is 22.0 Å². The third-order valence-corrected chi connectivity index (χ3v) is 4.30. The number of nitrogens with zero attached hydrogens (tertiary/aromatic N) is 2. The zero-order chi connectivity index (χ0) is 12.8. The van der Waals surface area contributed by atoms with E-state index in [0.29, 0.717) is 0 Å². The molecular formula is C14H29N3O. The Bertz CT molecular complexity index is 231. The predicted molar refractivity (Wildman–Crippen MR) is 74.8 cm³/mol. The van der Waals surface area contributed by atoms with Gasteiger partial charge in [0.25, 0.3) is 0 Å². The van der Waals surface area contributed by atoms with Gasteiger partial charge in [0, 0.05) is 19.6 Å². The Kier molecular flexibility index (Phi) is 5.89. The van der Waals surface area contributed by atoms with E-state index in [1.54, 1.807) is 0 Å². The van der Waals surface area contributed by atoms with Gasteiger partial charge in [0.1, 0.15) is 0 Å². The maximum Gasteiger partial charge on any atom is 0.0791 e. The molecule has 2 heterocycles. The Balaban J connectivity index is 1.52. The summed E-state index contributed by atoms with van der Waals surface area (Å²) in [7, 11) is 0. The molecule has 2 atom stereocenters. The van der Waals surface area contributed by atoms with Gasteiger partial charge in [-0.2, -0.15) is 0 Å². The molecule has 0 radical (unpaired) electrons. The van der Waals surface area contributed by atoms with Crippen LogP contribution in [0.1, 0.15) is 26.2 Å². The normalized spacial score (nSPS) is 28.0. The fourth-order valence-electron chi connectivity index (χ4n) is 3.15. The van der Waals surface area contributed by atoms with Gasteiger partial charge in [-0.05, 0) is 57.9 Å². The largest absolute Gasteiger partial charge is 0.390 e. The van der Waals surface area contributed by atoms with Crippen LogP contribution in [-0.4, -0.2) is 73.4 Å². The number of nitrogens with one attached hydrogen (secondary N) is 1. The van der Waals surface area contributed by atoms with Crippen molar-refractivity contribution in [2.75, 3.05) is 52.4 Å². The van der Waals surface area contributed by atoms with Gasteiger partial charge in [-0.25, -0.2) is 0 Å². The van der Waals surface area contributed by atoms with Crippen LogP contribution >= 0.6 is 0 Å². The molecule has 18 heavy (non-hydrogen) atoms. The lowest BCUT2D eigenvalue weighted by Gasteiger charge is -2.20. The highest BCUT2D eigenvalue weighted by molar-refractivity contribution is 4.77. The first-order chi connectivity index (χ1) is 8.78. The highest BCUT2D eigenvalue weighted by Crippen LogP contribution is 2.14. The van der Waals surface area contributed by atoms with Crippen molar-refractivity contribution in [1.29, 1.82) is 0 Å². The van der Waals surface area contributed by atoms with Crippen LogP contribution in [0.25, 0.3) is 0 Å². The summed E-state index contributed by atoms with van der Waals surface area (Å²) >= 11 is 0. The predicted octanol–water partition coefficient (Wildman–Crippen LogP) is 0.375. The molecule has 0 aromatic heterocycles. The van der Waals surface area contributed by atoms with E-state index in [9.17, 15) is 5.11 Å². The maximum atomic E-state index is 9.97. The molecule has 4 heteroatoms. The SMILES string of the molecule is CCN1CCC(CNCC(O)CN2CCCC2)C1. The van der Waals surface area contributed by atoms with Crippen molar-refractivity contribution in [2.45, 2.75) is 32.3 Å². The van der Waals surface area contributed by atoms with Gasteiger partial charge in [-0.3, -0.25) is 0 Å². The van der Waals surface area contributed by atoms with Crippen molar-refractivity contribution < 1.29 is 5.11 Å². The molecule has 0 aromatic rings. The highest BCUT2D eigenvalue weighted by Gasteiger charge is 2.21. The first-order valence-corrected chi connectivity index (χ1v) is 7.61. The van der Waals surface area contributed by atoms with Crippen LogP contribution in [0.15, 0.2) is 0 Å². The minimum Gasteiger partial charge on any atom is -0.390 e. The lowest BCUT2D eigenvalue weighted by Crippen LogP contribution is -2.38. The molecule has 0 amide bonds. The first kappa shape index (κ1) is 14.3. The van der Waals surface area contributed by atoms with Gasteiger partial charge in [-0.1, -0.05) is 6.92 Å². The number of β-amino-alcohol motifs (C(OH)–C–C–N with tert-alkyl or cyclic N) is 1. The molecule has 2 saturated heterocycles. The summed E-state index contributed by atoms with van der Waals surface area (Å²) in [5.74, 6) is 0.781. The molecule has 2 unspecified atom stereocenters. The Morgan fingerprint density at radius 3 is 2.67 bits per heavy atom. The minimum atomic E-state index is -0.202. The second kappa shape index (κ2) is 7.43. The number of hydrogen-bond acceptors (Lipinski definition) is 4. The Hall–Kier alpha value is -0.160. The fourth-order valence-corrected chi connectivity index (χ4v) is 3.15. The molecule has 2 N–H and O–H groups in total. The molecule has 0 spiro atoms. The first-order valence-electron chi connectivity index (χ1n) is 7.61. The van der Waals surface area contributed by atoms with Crippen LogP contribution in [0.3, 0.4) is 0 Å². The Morgan fingerprint density at radius 1 is 1.22 bits per heavy atom. The number of likely N-dealkylation sites (tertiary alicyclic amines) is 2. The van der Waals surface area contributed by atoms with Crippen LogP contribution in [-0.2, 0) is 0 Å². The summed E-state index contributed by atoms with van der Waals surface area (Å²) in [5, 5.41) is 13.4. The number of rotatable bonds is 7. The standard InChI is InChI=1S/C14H29N3O/c1-2-16-8-5-13(11-16)9-15-10-14(18)12-17-6-3-4-7-17/h13-15,18H,2-12H2,1H3. The summed E-state index contributed by atoms with van der Waals surface area (Å²) in [4.78, 5) is 4.88. The van der Waals surface area contributed by atoms with Crippen LogP contribution in [0.4, 0.5) is 0 Å². The van der Waals surface area contributed by atoms with Gasteiger partial charge < -0.3 is 20.2 Å². The van der Waals surface area contributed by atoms with E-state index in [1.165, 1.54) is 52.0 Å². The lowest BCUT2D eigenvalue weighted by atomic mass is 10.1. The molecule has 0 aliphatic carbocycles. The summed E-state index contributed by atoms with van der Waals surface area (Å²) < 4.78 is 0. The molecule has 4 nitrogen and oxygen atoms in total. The third kappa shape index (κ3) is 4.50. The molecule has 0 aromatic carbocycles. The number of aliphatic hydroxyl groups is 1. The van der Waals surface area contributed by atoms with E-state index in [4.69, 9.17) is 0 Å². The van der Waals surface area contributed by atoms with Gasteiger partial charge in [0.05, 0.1) is 6.10 Å². The van der Waals surface area contributed by atoms with E-state index < -0.39 is 0 Å². The molecule has 0 bridgehead atoms. The minimum absolute atomic E-state index is 0.202. The average Bonchev–Trinajstić information content (AvgIpc) is 3.00. The molecule has 0 saturated carbocycles. The number of aliphatic hydroxyl groups excluding tert-OH is 1. The quantitative estimate of drug-likeness (QED) is 0.690. The third-order valence-electron chi connectivity index (χ3n) is 4.30. The second-order valence-electron chi connectivity index (χ2n) is 5.87. The smallest absolute Gasteiger partial charge is 0.0791 e. The second-order valence-corrected chi connectivity index (χ2v) is 5.87. The van der Waals surface area contributed by atoms with Crippen molar-refractivity contribution in [3.8, 4) is 0 Å². The van der Waals surface area contributed by atoms with Crippen LogP contribution in [0.2, 0.25) is 0 Å². The summed E-state index contributed by atoms with van der Waals surface area (Å²) in [6.45, 7) is 10.9. The maximum absolute atomic E-state index is 9.97. The molecule has 2 rings (SSSR count). The molecule has 2 aliphatic heterocycles. The summed E-state index contributed by atoms with van der Waals surface area (Å²) in [6, 6.07) is 0. The molecule has 2 fully saturated rings. The number of hydrogen-bond donors (Lipinski definition) is 2. The molecule has 2 aliphatic rings. The van der Waals surface area contributed by atoms with Gasteiger partial charge in [0.15, 0.2) is 0 Å². The van der Waals surface area contributed by atoms with Crippen molar-refractivity contribution in [3.05, 3.63) is 0 Å². The Morgan fingerprint density at radius 2 is 2.00 bits per heavy atom. The van der Waals surface area contributed by atoms with E-state index in [0.717, 1.165) is 25.6 Å².